The lowest BCUT2D eigenvalue weighted by Gasteiger charge is -2.12. The third kappa shape index (κ3) is 5.40. The van der Waals surface area contributed by atoms with Gasteiger partial charge in [-0.25, -0.2) is 13.1 Å². The normalized spacial score (nSPS) is 11.8. The molecule has 1 rings (SSSR count). The Kier molecular flexibility index (Phi) is 6.94. The summed E-state index contributed by atoms with van der Waals surface area (Å²) >= 11 is 3.29. The number of nitrogens with one attached hydrogen (secondary N) is 2. The van der Waals surface area contributed by atoms with Crippen molar-refractivity contribution in [3.8, 4) is 5.75 Å². The van der Waals surface area contributed by atoms with Crippen LogP contribution in [-0.2, 0) is 10.0 Å². The van der Waals surface area contributed by atoms with Gasteiger partial charge in [0.15, 0.2) is 0 Å². The van der Waals surface area contributed by atoms with E-state index in [1.165, 1.54) is 4.90 Å². The zero-order chi connectivity index (χ0) is 15.2. The molecular weight excluding hydrogens is 344 g/mol. The molecule has 0 bridgehead atoms. The monoisotopic (exact) mass is 365 g/mol. The minimum absolute atomic E-state index is 0.172. The second-order valence-corrected chi connectivity index (χ2v) is 7.38. The van der Waals surface area contributed by atoms with E-state index in [9.17, 15) is 8.42 Å². The van der Waals surface area contributed by atoms with Gasteiger partial charge in [-0.1, -0.05) is 15.9 Å². The van der Waals surface area contributed by atoms with E-state index < -0.39 is 10.0 Å². The molecule has 0 saturated heterocycles. The maximum Gasteiger partial charge on any atom is 0.244 e. The lowest BCUT2D eigenvalue weighted by molar-refractivity contribution is -0.858. The van der Waals surface area contributed by atoms with E-state index in [2.05, 4.69) is 20.7 Å². The zero-order valence-electron chi connectivity index (χ0n) is 12.1. The van der Waals surface area contributed by atoms with Gasteiger partial charge in [0.2, 0.25) is 10.0 Å². The molecule has 5 nitrogen and oxygen atoms in total. The summed E-state index contributed by atoms with van der Waals surface area (Å²) in [6, 6.07) is 4.98. The van der Waals surface area contributed by atoms with Gasteiger partial charge in [-0.15, -0.1) is 0 Å². The van der Waals surface area contributed by atoms with Crippen LogP contribution >= 0.6 is 15.9 Å². The van der Waals surface area contributed by atoms with Crippen molar-refractivity contribution in [2.45, 2.75) is 18.2 Å². The highest BCUT2D eigenvalue weighted by Crippen LogP contribution is 2.27. The minimum Gasteiger partial charge on any atom is -0.492 e. The topological polar surface area (TPSA) is 59.8 Å². The molecule has 1 aromatic carbocycles. The Labute approximate surface area is 129 Å². The number of quaternary nitrogens is 1. The SMILES string of the molecule is CCOc1ccc(Br)cc1S(=O)(=O)NCCC[NH+](C)C. The van der Waals surface area contributed by atoms with Crippen LogP contribution in [-0.4, -0.2) is 42.2 Å². The lowest BCUT2D eigenvalue weighted by Crippen LogP contribution is -3.05. The Hall–Kier alpha value is -0.630. The first-order chi connectivity index (χ1) is 9.36. The minimum atomic E-state index is -3.55. The second kappa shape index (κ2) is 7.97. The molecule has 0 aliphatic carbocycles. The average Bonchev–Trinajstić information content (AvgIpc) is 2.37. The molecule has 0 unspecified atom stereocenters. The highest BCUT2D eigenvalue weighted by Gasteiger charge is 2.19. The van der Waals surface area contributed by atoms with Crippen LogP contribution in [0.25, 0.3) is 0 Å². The first kappa shape index (κ1) is 17.4. The molecule has 0 amide bonds. The summed E-state index contributed by atoms with van der Waals surface area (Å²) in [7, 11) is 0.528. The smallest absolute Gasteiger partial charge is 0.244 e. The molecule has 7 heteroatoms. The number of sulfonamides is 1. The summed E-state index contributed by atoms with van der Waals surface area (Å²) in [5, 5.41) is 0. The molecule has 0 aromatic heterocycles. The number of ether oxygens (including phenoxy) is 1. The number of hydrogen-bond donors (Lipinski definition) is 2. The third-order valence-corrected chi connectivity index (χ3v) is 4.62. The number of benzene rings is 1. The van der Waals surface area contributed by atoms with Crippen LogP contribution in [0.3, 0.4) is 0 Å². The van der Waals surface area contributed by atoms with Crippen LogP contribution < -0.4 is 14.4 Å². The van der Waals surface area contributed by atoms with Gasteiger partial charge >= 0.3 is 0 Å². The molecule has 0 aliphatic rings. The Balaban J connectivity index is 2.83. The van der Waals surface area contributed by atoms with E-state index in [0.717, 1.165) is 13.0 Å². The Morgan fingerprint density at radius 3 is 2.65 bits per heavy atom. The molecular formula is C13H22BrN2O3S+. The van der Waals surface area contributed by atoms with Crippen LogP contribution in [0.2, 0.25) is 0 Å². The largest absolute Gasteiger partial charge is 0.492 e. The van der Waals surface area contributed by atoms with Crippen LogP contribution in [0.1, 0.15) is 13.3 Å². The molecule has 0 saturated carbocycles. The number of hydrogen-bond acceptors (Lipinski definition) is 3. The van der Waals surface area contributed by atoms with E-state index >= 15 is 0 Å². The molecule has 2 N–H and O–H groups in total. The lowest BCUT2D eigenvalue weighted by atomic mass is 10.3. The van der Waals surface area contributed by atoms with Crippen LogP contribution in [0.15, 0.2) is 27.6 Å². The molecule has 0 heterocycles. The Morgan fingerprint density at radius 1 is 1.35 bits per heavy atom. The molecule has 114 valence electrons. The number of rotatable bonds is 8. The van der Waals surface area contributed by atoms with Crippen molar-refractivity contribution < 1.29 is 18.1 Å². The molecule has 0 radical (unpaired) electrons. The summed E-state index contributed by atoms with van der Waals surface area (Å²) < 4.78 is 33.3. The summed E-state index contributed by atoms with van der Waals surface area (Å²) in [5.74, 6) is 0.376. The first-order valence-electron chi connectivity index (χ1n) is 6.58. The van der Waals surface area contributed by atoms with E-state index in [4.69, 9.17) is 4.74 Å². The predicted octanol–water partition coefficient (Wildman–Crippen LogP) is 0.661. The second-order valence-electron chi connectivity index (χ2n) is 4.73. The zero-order valence-corrected chi connectivity index (χ0v) is 14.5. The van der Waals surface area contributed by atoms with Gasteiger partial charge in [0.25, 0.3) is 0 Å². The molecule has 0 fully saturated rings. The fourth-order valence-electron chi connectivity index (χ4n) is 1.69. The maximum atomic E-state index is 12.3. The Morgan fingerprint density at radius 2 is 2.05 bits per heavy atom. The van der Waals surface area contributed by atoms with Crippen LogP contribution in [0.4, 0.5) is 0 Å². The van der Waals surface area contributed by atoms with Gasteiger partial charge in [0, 0.05) is 17.4 Å². The van der Waals surface area contributed by atoms with Crippen molar-refractivity contribution in [2.24, 2.45) is 0 Å². The highest BCUT2D eigenvalue weighted by molar-refractivity contribution is 9.10. The molecule has 0 spiro atoms. The predicted molar refractivity (Wildman–Crippen MR) is 82.8 cm³/mol. The van der Waals surface area contributed by atoms with E-state index in [1.54, 1.807) is 18.2 Å². The summed E-state index contributed by atoms with van der Waals surface area (Å²) in [6.07, 6.45) is 0.791. The van der Waals surface area contributed by atoms with Crippen molar-refractivity contribution in [1.29, 1.82) is 0 Å². The fraction of sp³-hybridized carbons (Fsp3) is 0.538. The van der Waals surface area contributed by atoms with E-state index in [-0.39, 0.29) is 4.90 Å². The highest BCUT2D eigenvalue weighted by atomic mass is 79.9. The van der Waals surface area contributed by atoms with Crippen molar-refractivity contribution >= 4 is 26.0 Å². The van der Waals surface area contributed by atoms with Gasteiger partial charge in [0.05, 0.1) is 27.2 Å². The van der Waals surface area contributed by atoms with E-state index in [1.807, 2.05) is 21.0 Å². The van der Waals surface area contributed by atoms with Crippen molar-refractivity contribution in [3.63, 3.8) is 0 Å². The van der Waals surface area contributed by atoms with Crippen molar-refractivity contribution in [2.75, 3.05) is 33.8 Å². The fourth-order valence-corrected chi connectivity index (χ4v) is 3.45. The quantitative estimate of drug-likeness (QED) is 0.665. The molecule has 1 aromatic rings. The Bertz CT molecular complexity index is 532. The van der Waals surface area contributed by atoms with Gasteiger partial charge < -0.3 is 9.64 Å². The molecule has 0 aliphatic heterocycles. The average molecular weight is 366 g/mol. The van der Waals surface area contributed by atoms with E-state index in [0.29, 0.717) is 23.4 Å². The van der Waals surface area contributed by atoms with Gasteiger partial charge in [0.1, 0.15) is 10.6 Å². The summed E-state index contributed by atoms with van der Waals surface area (Å²) in [4.78, 5) is 1.47. The number of halogens is 1. The van der Waals surface area contributed by atoms with Crippen LogP contribution in [0, 0.1) is 0 Å². The van der Waals surface area contributed by atoms with Gasteiger partial charge in [-0.3, -0.25) is 0 Å². The standard InChI is InChI=1S/C13H21BrN2O3S/c1-4-19-12-7-6-11(14)10-13(12)20(17,18)15-8-5-9-16(2)3/h6-7,10,15H,4-5,8-9H2,1-3H3/p+1. The van der Waals surface area contributed by atoms with Crippen molar-refractivity contribution in [1.82, 2.24) is 4.72 Å². The molecule has 20 heavy (non-hydrogen) atoms. The molecule has 0 atom stereocenters. The van der Waals surface area contributed by atoms with Gasteiger partial charge in [-0.05, 0) is 25.1 Å². The van der Waals surface area contributed by atoms with Gasteiger partial charge in [-0.2, -0.15) is 0 Å². The van der Waals surface area contributed by atoms with Crippen molar-refractivity contribution in [3.05, 3.63) is 22.7 Å². The first-order valence-corrected chi connectivity index (χ1v) is 8.85. The summed E-state index contributed by atoms with van der Waals surface area (Å²) in [6.45, 7) is 3.59. The third-order valence-electron chi connectivity index (χ3n) is 2.64. The summed E-state index contributed by atoms with van der Waals surface area (Å²) in [5.41, 5.74) is 0. The maximum absolute atomic E-state index is 12.3. The van der Waals surface area contributed by atoms with Crippen LogP contribution in [0.5, 0.6) is 5.75 Å².